The zero-order chi connectivity index (χ0) is 11.5. The number of halogens is 3. The van der Waals surface area contributed by atoms with Crippen LogP contribution in [0.5, 0.6) is 0 Å². The van der Waals surface area contributed by atoms with Crippen molar-refractivity contribution < 1.29 is 18.0 Å². The molecule has 0 aliphatic rings. The molecule has 0 radical (unpaired) electrons. The van der Waals surface area contributed by atoms with Crippen LogP contribution in [0.25, 0.3) is 5.57 Å². The van der Waals surface area contributed by atoms with Crippen molar-refractivity contribution in [1.82, 2.24) is 0 Å². The minimum absolute atomic E-state index is 0.130. The summed E-state index contributed by atoms with van der Waals surface area (Å²) in [5, 5.41) is 0. The summed E-state index contributed by atoms with van der Waals surface area (Å²) in [6, 6.07) is 7.53. The van der Waals surface area contributed by atoms with Crippen LogP contribution >= 0.6 is 0 Å². The van der Waals surface area contributed by atoms with Crippen LogP contribution < -0.4 is 0 Å². The second-order valence-corrected chi connectivity index (χ2v) is 3.13. The van der Waals surface area contributed by atoms with Gasteiger partial charge in [-0.3, -0.25) is 4.79 Å². The third-order valence-electron chi connectivity index (χ3n) is 1.70. The highest BCUT2D eigenvalue weighted by Crippen LogP contribution is 2.30. The number of rotatable bonds is 2. The SMILES string of the molecule is O=C/C(=C(\[S-])C(F)(F)F)c1ccccc1. The summed E-state index contributed by atoms with van der Waals surface area (Å²) in [6.07, 6.45) is -4.52. The summed E-state index contributed by atoms with van der Waals surface area (Å²) >= 11 is 4.20. The molecule has 0 atom stereocenters. The van der Waals surface area contributed by atoms with Crippen molar-refractivity contribution in [2.24, 2.45) is 0 Å². The molecule has 5 heteroatoms. The van der Waals surface area contributed by atoms with Gasteiger partial charge in [0.15, 0.2) is 0 Å². The summed E-state index contributed by atoms with van der Waals surface area (Å²) in [7, 11) is 0. The fourth-order valence-corrected chi connectivity index (χ4v) is 1.19. The number of carbonyl (C=O) groups is 1. The quantitative estimate of drug-likeness (QED) is 0.442. The van der Waals surface area contributed by atoms with E-state index in [0.717, 1.165) is 0 Å². The number of alkyl halides is 3. The predicted octanol–water partition coefficient (Wildman–Crippen LogP) is 2.71. The molecule has 0 saturated heterocycles. The Labute approximate surface area is 90.0 Å². The second kappa shape index (κ2) is 4.44. The molecule has 0 aromatic heterocycles. The monoisotopic (exact) mass is 231 g/mol. The predicted molar refractivity (Wildman–Crippen MR) is 52.8 cm³/mol. The van der Waals surface area contributed by atoms with E-state index in [2.05, 4.69) is 12.6 Å². The van der Waals surface area contributed by atoms with E-state index in [4.69, 9.17) is 0 Å². The van der Waals surface area contributed by atoms with Crippen LogP contribution in [0.2, 0.25) is 0 Å². The lowest BCUT2D eigenvalue weighted by molar-refractivity contribution is -0.104. The molecule has 0 N–H and O–H groups in total. The van der Waals surface area contributed by atoms with Crippen molar-refractivity contribution in [2.45, 2.75) is 6.18 Å². The Morgan fingerprint density at radius 3 is 2.13 bits per heavy atom. The molecule has 0 saturated carbocycles. The number of benzene rings is 1. The lowest BCUT2D eigenvalue weighted by Gasteiger charge is -2.19. The first-order valence-electron chi connectivity index (χ1n) is 3.96. The number of hydrogen-bond acceptors (Lipinski definition) is 2. The Hall–Kier alpha value is -1.36. The average molecular weight is 231 g/mol. The van der Waals surface area contributed by atoms with Crippen LogP contribution in [0.3, 0.4) is 0 Å². The zero-order valence-electron chi connectivity index (χ0n) is 7.41. The van der Waals surface area contributed by atoms with Crippen LogP contribution in [-0.2, 0) is 17.4 Å². The maximum absolute atomic E-state index is 12.3. The molecular formula is C10H6F3OS-. The lowest BCUT2D eigenvalue weighted by atomic mass is 10.1. The fourth-order valence-electron chi connectivity index (χ4n) is 1.02. The maximum atomic E-state index is 12.3. The third-order valence-corrected chi connectivity index (χ3v) is 2.16. The molecule has 0 fully saturated rings. The number of allylic oxidation sites excluding steroid dienone is 2. The topological polar surface area (TPSA) is 17.1 Å². The Morgan fingerprint density at radius 1 is 1.20 bits per heavy atom. The van der Waals surface area contributed by atoms with Gasteiger partial charge in [-0.25, -0.2) is 0 Å². The smallest absolute Gasteiger partial charge is 0.393 e. The highest BCUT2D eigenvalue weighted by Gasteiger charge is 2.27. The van der Waals surface area contributed by atoms with E-state index >= 15 is 0 Å². The van der Waals surface area contributed by atoms with Gasteiger partial charge >= 0.3 is 6.18 Å². The van der Waals surface area contributed by atoms with Crippen LogP contribution in [0, 0.1) is 0 Å². The van der Waals surface area contributed by atoms with E-state index in [0.29, 0.717) is 0 Å². The zero-order valence-corrected chi connectivity index (χ0v) is 8.23. The highest BCUT2D eigenvalue weighted by atomic mass is 32.1. The minimum atomic E-state index is -4.65. The standard InChI is InChI=1S/C10H7F3OS/c11-10(12,13)9(15)8(6-14)7-4-2-1-3-5-7/h1-6,15H/p-1/b9-8+. The van der Waals surface area contributed by atoms with Gasteiger partial charge in [0.05, 0.1) is 0 Å². The number of hydrogen-bond donors (Lipinski definition) is 0. The largest absolute Gasteiger partial charge is 0.775 e. The summed E-state index contributed by atoms with van der Waals surface area (Å²) in [5.41, 5.74) is -0.326. The second-order valence-electron chi connectivity index (χ2n) is 2.72. The molecule has 0 bridgehead atoms. The Morgan fingerprint density at radius 2 is 1.73 bits per heavy atom. The highest BCUT2D eigenvalue weighted by molar-refractivity contribution is 7.64. The first kappa shape index (κ1) is 11.7. The summed E-state index contributed by atoms with van der Waals surface area (Å²) < 4.78 is 36.8. The van der Waals surface area contributed by atoms with Crippen LogP contribution in [-0.4, -0.2) is 12.5 Å². The lowest BCUT2D eigenvalue weighted by Crippen LogP contribution is -2.12. The van der Waals surface area contributed by atoms with Crippen molar-refractivity contribution in [2.75, 3.05) is 0 Å². The summed E-state index contributed by atoms with van der Waals surface area (Å²) in [6.45, 7) is 0. The van der Waals surface area contributed by atoms with Crippen molar-refractivity contribution in [3.8, 4) is 0 Å². The Bertz CT molecular complexity index is 381. The average Bonchev–Trinajstić information content (AvgIpc) is 2.19. The molecule has 0 spiro atoms. The fraction of sp³-hybridized carbons (Fsp3) is 0.100. The van der Waals surface area contributed by atoms with Gasteiger partial charge in [-0.15, -0.1) is 0 Å². The maximum Gasteiger partial charge on any atom is 0.393 e. The van der Waals surface area contributed by atoms with E-state index in [1.165, 1.54) is 24.3 Å². The molecular weight excluding hydrogens is 225 g/mol. The molecule has 0 heterocycles. The van der Waals surface area contributed by atoms with Crippen LogP contribution in [0.15, 0.2) is 35.2 Å². The van der Waals surface area contributed by atoms with Gasteiger partial charge in [-0.1, -0.05) is 35.2 Å². The summed E-state index contributed by atoms with van der Waals surface area (Å²) in [5.74, 6) is 0. The first-order valence-corrected chi connectivity index (χ1v) is 4.36. The first-order chi connectivity index (χ1) is 6.96. The van der Waals surface area contributed by atoms with Gasteiger partial charge in [-0.05, 0) is 5.56 Å². The van der Waals surface area contributed by atoms with Crippen molar-refractivity contribution in [3.05, 3.63) is 40.8 Å². The molecule has 0 aliphatic heterocycles. The minimum Gasteiger partial charge on any atom is -0.775 e. The summed E-state index contributed by atoms with van der Waals surface area (Å²) in [4.78, 5) is 9.28. The molecule has 1 aromatic rings. The van der Waals surface area contributed by atoms with Gasteiger partial charge < -0.3 is 12.6 Å². The van der Waals surface area contributed by atoms with E-state index < -0.39 is 16.7 Å². The van der Waals surface area contributed by atoms with E-state index in [1.54, 1.807) is 6.07 Å². The molecule has 1 nitrogen and oxygen atoms in total. The van der Waals surface area contributed by atoms with Gasteiger partial charge in [0.1, 0.15) is 6.29 Å². The van der Waals surface area contributed by atoms with Crippen molar-refractivity contribution in [1.29, 1.82) is 0 Å². The molecule has 0 unspecified atom stereocenters. The molecule has 0 aliphatic carbocycles. The van der Waals surface area contributed by atoms with Gasteiger partial charge in [-0.2, -0.15) is 13.2 Å². The molecule has 1 rings (SSSR count). The number of aldehydes is 1. The van der Waals surface area contributed by atoms with Gasteiger partial charge in [0.2, 0.25) is 0 Å². The molecule has 0 amide bonds. The van der Waals surface area contributed by atoms with Crippen LogP contribution in [0.4, 0.5) is 13.2 Å². The van der Waals surface area contributed by atoms with Crippen molar-refractivity contribution in [3.63, 3.8) is 0 Å². The van der Waals surface area contributed by atoms with E-state index in [1.807, 2.05) is 0 Å². The number of carbonyl (C=O) groups excluding carboxylic acids is 1. The normalized spacial score (nSPS) is 13.3. The molecule has 80 valence electrons. The van der Waals surface area contributed by atoms with Gasteiger partial charge in [0.25, 0.3) is 0 Å². The molecule has 15 heavy (non-hydrogen) atoms. The van der Waals surface area contributed by atoms with Crippen LogP contribution in [0.1, 0.15) is 5.56 Å². The third kappa shape index (κ3) is 2.79. The molecule has 1 aromatic carbocycles. The van der Waals surface area contributed by atoms with E-state index in [9.17, 15) is 18.0 Å². The van der Waals surface area contributed by atoms with Gasteiger partial charge in [0, 0.05) is 5.57 Å². The van der Waals surface area contributed by atoms with E-state index in [-0.39, 0.29) is 11.8 Å². The Kier molecular flexibility index (Phi) is 3.47. The Balaban J connectivity index is 3.26. The van der Waals surface area contributed by atoms with Crippen molar-refractivity contribution >= 4 is 24.5 Å².